The van der Waals surface area contributed by atoms with Gasteiger partial charge in [-0.3, -0.25) is 0 Å². The van der Waals surface area contributed by atoms with Gasteiger partial charge in [-0.15, -0.1) is 0 Å². The predicted octanol–water partition coefficient (Wildman–Crippen LogP) is 4.00. The highest BCUT2D eigenvalue weighted by molar-refractivity contribution is 5.69. The fourth-order valence-corrected chi connectivity index (χ4v) is 2.63. The van der Waals surface area contributed by atoms with E-state index in [1.807, 2.05) is 43.9 Å². The number of likely N-dealkylation sites (tertiary alicyclic amines) is 1. The fourth-order valence-electron chi connectivity index (χ4n) is 2.63. The van der Waals surface area contributed by atoms with Gasteiger partial charge in [-0.2, -0.15) is 0 Å². The maximum absolute atomic E-state index is 12.3. The van der Waals surface area contributed by atoms with E-state index in [1.54, 1.807) is 0 Å². The first kappa shape index (κ1) is 13.9. The first-order valence-electron chi connectivity index (χ1n) is 6.93. The average Bonchev–Trinajstić information content (AvgIpc) is 2.70. The topological polar surface area (TPSA) is 29.5 Å². The van der Waals surface area contributed by atoms with E-state index in [2.05, 4.69) is 19.1 Å². The van der Waals surface area contributed by atoms with Crippen molar-refractivity contribution in [2.75, 3.05) is 6.54 Å². The molecule has 1 aromatic rings. The van der Waals surface area contributed by atoms with E-state index < -0.39 is 5.60 Å². The zero-order valence-corrected chi connectivity index (χ0v) is 12.2. The molecule has 0 bridgehead atoms. The van der Waals surface area contributed by atoms with Gasteiger partial charge in [0.05, 0.1) is 6.04 Å². The smallest absolute Gasteiger partial charge is 0.410 e. The van der Waals surface area contributed by atoms with Crippen molar-refractivity contribution in [1.82, 2.24) is 4.90 Å². The minimum absolute atomic E-state index is 0.135. The van der Waals surface area contributed by atoms with Gasteiger partial charge in [0.1, 0.15) is 5.60 Å². The summed E-state index contributed by atoms with van der Waals surface area (Å²) in [6, 6.07) is 10.4. The molecule has 0 saturated carbocycles. The Morgan fingerprint density at radius 1 is 1.26 bits per heavy atom. The van der Waals surface area contributed by atoms with E-state index in [0.29, 0.717) is 5.92 Å². The van der Waals surface area contributed by atoms with Crippen LogP contribution in [0.3, 0.4) is 0 Å². The van der Waals surface area contributed by atoms with Crippen LogP contribution < -0.4 is 0 Å². The van der Waals surface area contributed by atoms with Crippen molar-refractivity contribution in [3.8, 4) is 0 Å². The number of carbonyl (C=O) groups excluding carboxylic acids is 1. The second-order valence-corrected chi connectivity index (χ2v) is 6.30. The van der Waals surface area contributed by atoms with Crippen molar-refractivity contribution in [3.63, 3.8) is 0 Å². The number of carbonyl (C=O) groups is 1. The summed E-state index contributed by atoms with van der Waals surface area (Å²) >= 11 is 0. The molecule has 0 N–H and O–H groups in total. The summed E-state index contributed by atoms with van der Waals surface area (Å²) in [5.74, 6) is 0.468. The zero-order valence-electron chi connectivity index (χ0n) is 12.2. The molecule has 2 rings (SSSR count). The molecule has 1 aliphatic heterocycles. The van der Waals surface area contributed by atoms with E-state index >= 15 is 0 Å². The highest BCUT2D eigenvalue weighted by atomic mass is 16.6. The third-order valence-electron chi connectivity index (χ3n) is 3.47. The van der Waals surface area contributed by atoms with Gasteiger partial charge >= 0.3 is 6.09 Å². The zero-order chi connectivity index (χ0) is 14.0. The second kappa shape index (κ2) is 5.24. The van der Waals surface area contributed by atoms with Crippen LogP contribution in [0.25, 0.3) is 0 Å². The largest absolute Gasteiger partial charge is 0.444 e. The molecular formula is C16H23NO2. The lowest BCUT2D eigenvalue weighted by Gasteiger charge is -2.30. The first-order valence-corrected chi connectivity index (χ1v) is 6.93. The molecule has 0 radical (unpaired) electrons. The van der Waals surface area contributed by atoms with Crippen LogP contribution in [0.5, 0.6) is 0 Å². The second-order valence-electron chi connectivity index (χ2n) is 6.30. The summed E-state index contributed by atoms with van der Waals surface area (Å²) in [6.45, 7) is 8.68. The summed E-state index contributed by atoms with van der Waals surface area (Å²) < 4.78 is 5.51. The molecular weight excluding hydrogens is 238 g/mol. The third kappa shape index (κ3) is 3.28. The van der Waals surface area contributed by atoms with E-state index in [-0.39, 0.29) is 12.1 Å². The maximum atomic E-state index is 12.3. The van der Waals surface area contributed by atoms with Crippen LogP contribution in [0.4, 0.5) is 4.79 Å². The monoisotopic (exact) mass is 261 g/mol. The van der Waals surface area contributed by atoms with Crippen LogP contribution in [-0.4, -0.2) is 23.1 Å². The van der Waals surface area contributed by atoms with Crippen LogP contribution in [0.2, 0.25) is 0 Å². The molecule has 19 heavy (non-hydrogen) atoms. The Bertz CT molecular complexity index is 436. The van der Waals surface area contributed by atoms with Gasteiger partial charge in [-0.25, -0.2) is 4.79 Å². The number of hydrogen-bond donors (Lipinski definition) is 0. The molecule has 2 atom stereocenters. The van der Waals surface area contributed by atoms with E-state index in [4.69, 9.17) is 4.74 Å². The number of nitrogens with zero attached hydrogens (tertiary/aromatic N) is 1. The minimum Gasteiger partial charge on any atom is -0.444 e. The van der Waals surface area contributed by atoms with Gasteiger partial charge in [0.25, 0.3) is 0 Å². The Morgan fingerprint density at radius 3 is 2.47 bits per heavy atom. The van der Waals surface area contributed by atoms with Crippen molar-refractivity contribution < 1.29 is 9.53 Å². The Balaban J connectivity index is 2.18. The summed E-state index contributed by atoms with van der Waals surface area (Å²) in [6.07, 6.45) is 0.824. The normalized spacial score (nSPS) is 23.5. The quantitative estimate of drug-likeness (QED) is 0.764. The Hall–Kier alpha value is -1.51. The highest BCUT2D eigenvalue weighted by Crippen LogP contribution is 2.37. The lowest BCUT2D eigenvalue weighted by molar-refractivity contribution is 0.0208. The molecule has 1 amide bonds. The fraction of sp³-hybridized carbons (Fsp3) is 0.562. The lowest BCUT2D eigenvalue weighted by atomic mass is 9.96. The molecule has 104 valence electrons. The summed E-state index contributed by atoms with van der Waals surface area (Å²) in [4.78, 5) is 14.2. The molecule has 0 aliphatic carbocycles. The molecule has 1 aliphatic rings. The van der Waals surface area contributed by atoms with E-state index in [0.717, 1.165) is 13.0 Å². The van der Waals surface area contributed by atoms with Crippen LogP contribution in [-0.2, 0) is 4.74 Å². The number of amides is 1. The average molecular weight is 261 g/mol. The standard InChI is InChI=1S/C16H23NO2/c1-12-10-11-17(15(18)19-16(2,3)4)14(12)13-8-6-5-7-9-13/h5-9,12,14H,10-11H2,1-4H3/t12-,14+/m0/s1. The molecule has 1 aromatic carbocycles. The Labute approximate surface area is 115 Å². The van der Waals surface area contributed by atoms with Crippen molar-refractivity contribution in [2.24, 2.45) is 5.92 Å². The number of ether oxygens (including phenoxy) is 1. The number of benzene rings is 1. The maximum Gasteiger partial charge on any atom is 0.410 e. The van der Waals surface area contributed by atoms with E-state index in [9.17, 15) is 4.79 Å². The summed E-state index contributed by atoms with van der Waals surface area (Å²) in [5, 5.41) is 0. The number of hydrogen-bond acceptors (Lipinski definition) is 2. The van der Waals surface area contributed by atoms with Crippen LogP contribution >= 0.6 is 0 Å². The molecule has 0 unspecified atom stereocenters. The van der Waals surface area contributed by atoms with Gasteiger partial charge < -0.3 is 9.64 Å². The molecule has 1 fully saturated rings. The van der Waals surface area contributed by atoms with E-state index in [1.165, 1.54) is 5.56 Å². The van der Waals surface area contributed by atoms with Gasteiger partial charge in [0.2, 0.25) is 0 Å². The van der Waals surface area contributed by atoms with Crippen LogP contribution in [0.15, 0.2) is 30.3 Å². The first-order chi connectivity index (χ1) is 8.88. The SMILES string of the molecule is C[C@H]1CCN(C(=O)OC(C)(C)C)[C@H]1c1ccccc1. The van der Waals surface area contributed by atoms with Crippen LogP contribution in [0, 0.1) is 5.92 Å². The summed E-state index contributed by atoms with van der Waals surface area (Å²) in [5.41, 5.74) is 0.753. The minimum atomic E-state index is -0.440. The molecule has 3 nitrogen and oxygen atoms in total. The number of rotatable bonds is 1. The Kier molecular flexibility index (Phi) is 3.83. The summed E-state index contributed by atoms with van der Waals surface area (Å²) in [7, 11) is 0. The van der Waals surface area contributed by atoms with Gasteiger partial charge in [0, 0.05) is 6.54 Å². The third-order valence-corrected chi connectivity index (χ3v) is 3.47. The molecule has 1 saturated heterocycles. The van der Waals surface area contributed by atoms with Crippen molar-refractivity contribution in [1.29, 1.82) is 0 Å². The van der Waals surface area contributed by atoms with Crippen molar-refractivity contribution >= 4 is 6.09 Å². The van der Waals surface area contributed by atoms with Gasteiger partial charge in [-0.05, 0) is 38.7 Å². The van der Waals surface area contributed by atoms with Gasteiger partial charge in [0.15, 0.2) is 0 Å². The van der Waals surface area contributed by atoms with Crippen molar-refractivity contribution in [2.45, 2.75) is 45.8 Å². The van der Waals surface area contributed by atoms with Crippen LogP contribution in [0.1, 0.15) is 45.7 Å². The predicted molar refractivity (Wildman–Crippen MR) is 75.9 cm³/mol. The van der Waals surface area contributed by atoms with Crippen molar-refractivity contribution in [3.05, 3.63) is 35.9 Å². The molecule has 0 aromatic heterocycles. The Morgan fingerprint density at radius 2 is 1.89 bits per heavy atom. The molecule has 3 heteroatoms. The highest BCUT2D eigenvalue weighted by Gasteiger charge is 2.37. The molecule has 1 heterocycles. The molecule has 0 spiro atoms. The lowest BCUT2D eigenvalue weighted by Crippen LogP contribution is -2.37. The van der Waals surface area contributed by atoms with Gasteiger partial charge in [-0.1, -0.05) is 37.3 Å².